The number of aromatic nitrogens is 3. The maximum Gasteiger partial charge on any atom is 0.0992 e. The molecule has 5 heteroatoms. The van der Waals surface area contributed by atoms with Gasteiger partial charge in [0.2, 0.25) is 0 Å². The van der Waals surface area contributed by atoms with Crippen LogP contribution in [-0.4, -0.2) is 13.7 Å². The summed E-state index contributed by atoms with van der Waals surface area (Å²) in [6, 6.07) is 65.8. The first-order valence-electron chi connectivity index (χ1n) is 18.3. The third kappa shape index (κ3) is 4.39. The zero-order valence-electron chi connectivity index (χ0n) is 29.5. The minimum absolute atomic E-state index is 0.565. The molecule has 8 aromatic carbocycles. The van der Waals surface area contributed by atoms with Gasteiger partial charge in [0.25, 0.3) is 0 Å². The van der Waals surface area contributed by atoms with Crippen molar-refractivity contribution in [1.29, 1.82) is 10.5 Å². The molecule has 0 aliphatic heterocycles. The molecule has 0 spiro atoms. The van der Waals surface area contributed by atoms with E-state index in [1.165, 1.54) is 10.8 Å². The lowest BCUT2D eigenvalue weighted by Crippen LogP contribution is -2.03. The molecule has 0 aliphatic rings. The van der Waals surface area contributed by atoms with Gasteiger partial charge in [-0.05, 0) is 66.7 Å². The molecule has 3 aromatic heterocycles. The van der Waals surface area contributed by atoms with E-state index in [0.717, 1.165) is 82.8 Å². The molecule has 0 aliphatic carbocycles. The lowest BCUT2D eigenvalue weighted by molar-refractivity contribution is 1.15. The van der Waals surface area contributed by atoms with Crippen LogP contribution in [0.1, 0.15) is 11.1 Å². The Kier molecular flexibility index (Phi) is 6.61. The van der Waals surface area contributed by atoms with Crippen LogP contribution in [0.4, 0.5) is 0 Å². The Morgan fingerprint density at radius 3 is 1.09 bits per heavy atom. The van der Waals surface area contributed by atoms with Gasteiger partial charge >= 0.3 is 0 Å². The minimum atomic E-state index is 0.565. The average molecular weight is 700 g/mol. The highest BCUT2D eigenvalue weighted by Crippen LogP contribution is 2.43. The second-order valence-electron chi connectivity index (χ2n) is 14.0. The van der Waals surface area contributed by atoms with Gasteiger partial charge in [-0.15, -0.1) is 0 Å². The Morgan fingerprint density at radius 2 is 0.655 bits per heavy atom. The highest BCUT2D eigenvalue weighted by Gasteiger charge is 2.23. The summed E-state index contributed by atoms with van der Waals surface area (Å²) in [5.41, 5.74) is 12.4. The predicted molar refractivity (Wildman–Crippen MR) is 224 cm³/mol. The summed E-state index contributed by atoms with van der Waals surface area (Å²) in [5.74, 6) is 0. The van der Waals surface area contributed by atoms with Crippen LogP contribution < -0.4 is 0 Å². The number of nitriles is 2. The molecule has 0 N–H and O–H groups in total. The molecule has 254 valence electrons. The third-order valence-corrected chi connectivity index (χ3v) is 11.1. The Labute approximate surface area is 316 Å². The molecule has 11 rings (SSSR count). The third-order valence-electron chi connectivity index (χ3n) is 11.1. The fraction of sp³-hybridized carbons (Fsp3) is 0. The summed E-state index contributed by atoms with van der Waals surface area (Å²) in [4.78, 5) is 0. The van der Waals surface area contributed by atoms with E-state index in [2.05, 4.69) is 177 Å². The maximum atomic E-state index is 10.3. The first-order valence-corrected chi connectivity index (χ1v) is 18.3. The van der Waals surface area contributed by atoms with Crippen molar-refractivity contribution in [1.82, 2.24) is 13.7 Å². The van der Waals surface area contributed by atoms with E-state index >= 15 is 0 Å². The van der Waals surface area contributed by atoms with E-state index in [1.807, 2.05) is 24.3 Å². The lowest BCUT2D eigenvalue weighted by Gasteiger charge is -2.19. The number of para-hydroxylation sites is 5. The summed E-state index contributed by atoms with van der Waals surface area (Å²) in [6.45, 7) is 0. The van der Waals surface area contributed by atoms with Crippen molar-refractivity contribution in [2.75, 3.05) is 0 Å². The van der Waals surface area contributed by atoms with Crippen LogP contribution in [0.5, 0.6) is 0 Å². The van der Waals surface area contributed by atoms with Crippen molar-refractivity contribution in [2.45, 2.75) is 0 Å². The van der Waals surface area contributed by atoms with Crippen LogP contribution in [0.15, 0.2) is 176 Å². The van der Waals surface area contributed by atoms with Crippen molar-refractivity contribution in [3.63, 3.8) is 0 Å². The van der Waals surface area contributed by atoms with E-state index in [4.69, 9.17) is 0 Å². The van der Waals surface area contributed by atoms with Crippen LogP contribution in [0.3, 0.4) is 0 Å². The molecule has 0 unspecified atom stereocenters. The summed E-state index contributed by atoms with van der Waals surface area (Å²) in [6.07, 6.45) is 0. The van der Waals surface area contributed by atoms with Crippen molar-refractivity contribution in [3.05, 3.63) is 187 Å². The Balaban J connectivity index is 1.25. The van der Waals surface area contributed by atoms with Crippen LogP contribution >= 0.6 is 0 Å². The quantitative estimate of drug-likeness (QED) is 0.184. The minimum Gasteiger partial charge on any atom is -0.309 e. The number of fused-ring (bicyclic) bond motifs is 9. The van der Waals surface area contributed by atoms with Gasteiger partial charge in [-0.2, -0.15) is 10.5 Å². The highest BCUT2D eigenvalue weighted by atomic mass is 15.0. The SMILES string of the molecule is N#Cc1ccc(-c2ccc(C#N)cc2-n2c3ccccc3c3c(-n4c5ccccc5c5ccccc54)cccc32)c(-n2c3ccccc3c3ccccc32)c1. The molecule has 0 saturated heterocycles. The van der Waals surface area contributed by atoms with E-state index in [-0.39, 0.29) is 0 Å². The molecule has 0 saturated carbocycles. The molecular formula is C50H29N5. The fourth-order valence-corrected chi connectivity index (χ4v) is 8.84. The molecule has 0 amide bonds. The van der Waals surface area contributed by atoms with Gasteiger partial charge in [0.15, 0.2) is 0 Å². The average Bonchev–Trinajstić information content (AvgIpc) is 3.89. The summed E-state index contributed by atoms with van der Waals surface area (Å²) in [5, 5.41) is 27.5. The van der Waals surface area contributed by atoms with Gasteiger partial charge in [0.1, 0.15) is 0 Å². The zero-order valence-corrected chi connectivity index (χ0v) is 29.5. The van der Waals surface area contributed by atoms with Gasteiger partial charge in [-0.3, -0.25) is 0 Å². The molecule has 3 heterocycles. The normalized spacial score (nSPS) is 11.6. The van der Waals surface area contributed by atoms with E-state index in [9.17, 15) is 10.5 Å². The van der Waals surface area contributed by atoms with Crippen LogP contribution in [0, 0.1) is 22.7 Å². The van der Waals surface area contributed by atoms with Crippen LogP contribution in [-0.2, 0) is 0 Å². The summed E-state index contributed by atoms with van der Waals surface area (Å²) in [7, 11) is 0. The summed E-state index contributed by atoms with van der Waals surface area (Å²) < 4.78 is 6.97. The molecule has 0 bridgehead atoms. The second kappa shape index (κ2) is 11.8. The molecule has 5 nitrogen and oxygen atoms in total. The van der Waals surface area contributed by atoms with E-state index in [1.54, 1.807) is 0 Å². The van der Waals surface area contributed by atoms with Gasteiger partial charge in [-0.25, -0.2) is 0 Å². The number of rotatable bonds is 4. The molecule has 0 fully saturated rings. The number of benzene rings is 8. The van der Waals surface area contributed by atoms with Gasteiger partial charge < -0.3 is 13.7 Å². The molecule has 11 aromatic rings. The first kappa shape index (κ1) is 30.7. The van der Waals surface area contributed by atoms with Crippen molar-refractivity contribution in [3.8, 4) is 40.3 Å². The van der Waals surface area contributed by atoms with Crippen molar-refractivity contribution in [2.24, 2.45) is 0 Å². The number of nitrogens with zero attached hydrogens (tertiary/aromatic N) is 5. The predicted octanol–water partition coefficient (Wildman–Crippen LogP) is 12.4. The second-order valence-corrected chi connectivity index (χ2v) is 14.0. The molecule has 0 radical (unpaired) electrons. The summed E-state index contributed by atoms with van der Waals surface area (Å²) >= 11 is 0. The molecule has 55 heavy (non-hydrogen) atoms. The van der Waals surface area contributed by atoms with Gasteiger partial charge in [-0.1, -0.05) is 109 Å². The Morgan fingerprint density at radius 1 is 0.309 bits per heavy atom. The number of hydrogen-bond donors (Lipinski definition) is 0. The Hall–Kier alpha value is -7.86. The van der Waals surface area contributed by atoms with Crippen LogP contribution in [0.2, 0.25) is 0 Å². The number of hydrogen-bond acceptors (Lipinski definition) is 2. The van der Waals surface area contributed by atoms with E-state index in [0.29, 0.717) is 11.1 Å². The Bertz CT molecular complexity index is 3360. The fourth-order valence-electron chi connectivity index (χ4n) is 8.84. The monoisotopic (exact) mass is 699 g/mol. The lowest BCUT2D eigenvalue weighted by atomic mass is 9.97. The maximum absolute atomic E-state index is 10.3. The zero-order chi connectivity index (χ0) is 36.6. The van der Waals surface area contributed by atoms with Crippen LogP contribution in [0.25, 0.3) is 93.6 Å². The van der Waals surface area contributed by atoms with Gasteiger partial charge in [0.05, 0.1) is 73.4 Å². The molecular weight excluding hydrogens is 671 g/mol. The smallest absolute Gasteiger partial charge is 0.0992 e. The topological polar surface area (TPSA) is 62.4 Å². The highest BCUT2D eigenvalue weighted by molar-refractivity contribution is 6.17. The van der Waals surface area contributed by atoms with Crippen molar-refractivity contribution >= 4 is 65.4 Å². The van der Waals surface area contributed by atoms with E-state index < -0.39 is 0 Å². The largest absolute Gasteiger partial charge is 0.309 e. The first-order chi connectivity index (χ1) is 27.2. The molecule has 0 atom stereocenters. The van der Waals surface area contributed by atoms with Gasteiger partial charge in [0, 0.05) is 43.4 Å². The van der Waals surface area contributed by atoms with Crippen molar-refractivity contribution < 1.29 is 0 Å². The standard InChI is InChI=1S/C50H29N5/c51-30-32-24-26-38(48(28-32)54-43-19-8-3-14-36(43)37-15-4-9-20-44(37)54)39-27-25-33(31-52)29-49(39)55-45-21-10-5-16-40(45)50-46(22-11-23-47(50)55)53-41-17-6-1-12-34(41)35-13-2-7-18-42(35)53/h1-29H.